The molecular formula is C15H15BF3N3O4. The molecule has 4 N–H and O–H groups in total. The number of aromatic nitrogens is 1. The highest BCUT2D eigenvalue weighted by atomic mass is 19.2. The zero-order valence-corrected chi connectivity index (χ0v) is 13.6. The van der Waals surface area contributed by atoms with E-state index in [4.69, 9.17) is 15.1 Å². The van der Waals surface area contributed by atoms with Crippen LogP contribution in [0.25, 0.3) is 0 Å². The second-order valence-electron chi connectivity index (χ2n) is 5.31. The Hall–Kier alpha value is -2.63. The summed E-state index contributed by atoms with van der Waals surface area (Å²) < 4.78 is 40.9. The monoisotopic (exact) mass is 369 g/mol. The lowest BCUT2D eigenvalue weighted by Gasteiger charge is -2.15. The summed E-state index contributed by atoms with van der Waals surface area (Å²) in [7, 11) is 1.49. The quantitative estimate of drug-likeness (QED) is 0.388. The minimum absolute atomic E-state index is 0.0292. The van der Waals surface area contributed by atoms with Gasteiger partial charge in [0.05, 0.1) is 24.1 Å². The number of carbonyl (C=O) groups is 1. The molecule has 138 valence electrons. The molecule has 26 heavy (non-hydrogen) atoms. The fourth-order valence-corrected chi connectivity index (χ4v) is 1.96. The van der Waals surface area contributed by atoms with Gasteiger partial charge >= 0.3 is 0 Å². The van der Waals surface area contributed by atoms with Crippen LogP contribution in [0.1, 0.15) is 10.4 Å². The third-order valence-electron chi connectivity index (χ3n) is 3.28. The third-order valence-corrected chi connectivity index (χ3v) is 3.28. The number of benzene rings is 1. The first-order valence-corrected chi connectivity index (χ1v) is 7.41. The summed E-state index contributed by atoms with van der Waals surface area (Å²) in [6, 6.07) is 2.90. The maximum atomic E-state index is 14.2. The number of hydrogen-bond acceptors (Lipinski definition) is 6. The van der Waals surface area contributed by atoms with E-state index in [-0.39, 0.29) is 11.4 Å². The molecule has 1 unspecified atom stereocenters. The molecule has 2 rings (SSSR count). The van der Waals surface area contributed by atoms with Crippen molar-refractivity contribution >= 4 is 30.7 Å². The molecule has 0 spiro atoms. The van der Waals surface area contributed by atoms with Crippen molar-refractivity contribution in [2.45, 2.75) is 6.10 Å². The number of amides is 1. The number of rotatable bonds is 7. The lowest BCUT2D eigenvalue weighted by Crippen LogP contribution is -2.30. The van der Waals surface area contributed by atoms with E-state index < -0.39 is 48.4 Å². The number of aliphatic hydroxyl groups excluding tert-OH is 2. The molecule has 1 aromatic carbocycles. The van der Waals surface area contributed by atoms with Gasteiger partial charge in [-0.2, -0.15) is 0 Å². The average Bonchev–Trinajstić information content (AvgIpc) is 2.60. The first-order valence-electron chi connectivity index (χ1n) is 7.41. The van der Waals surface area contributed by atoms with Crippen LogP contribution < -0.4 is 16.3 Å². The van der Waals surface area contributed by atoms with Gasteiger partial charge in [0.25, 0.3) is 5.91 Å². The van der Waals surface area contributed by atoms with Crippen LogP contribution in [0.5, 0.6) is 0 Å². The standard InChI is InChI=1S/C15H15BF3N3O4/c16-10-3-7(17)4-20-14(10)21-13-9(1-2-11(18)12(13)19)15(25)22-26-6-8(24)5-23/h1-4,8,23-24H,5-6,16H2,(H,20,21)(H,22,25). The van der Waals surface area contributed by atoms with Gasteiger partial charge in [-0.25, -0.2) is 23.6 Å². The Morgan fingerprint density at radius 2 is 2.08 bits per heavy atom. The van der Waals surface area contributed by atoms with Crippen molar-refractivity contribution in [1.82, 2.24) is 10.5 Å². The molecule has 0 saturated carbocycles. The van der Waals surface area contributed by atoms with Crippen LogP contribution in [0.4, 0.5) is 24.7 Å². The Labute approximate surface area is 147 Å². The van der Waals surface area contributed by atoms with Crippen molar-refractivity contribution < 1.29 is 33.0 Å². The third kappa shape index (κ3) is 4.72. The molecule has 2 aromatic rings. The summed E-state index contributed by atoms with van der Waals surface area (Å²) in [5.41, 5.74) is 1.42. The number of pyridine rings is 1. The summed E-state index contributed by atoms with van der Waals surface area (Å²) in [5.74, 6) is -4.06. The van der Waals surface area contributed by atoms with Crippen LogP contribution in [0.2, 0.25) is 0 Å². The summed E-state index contributed by atoms with van der Waals surface area (Å²) in [6.07, 6.45) is -0.338. The van der Waals surface area contributed by atoms with Gasteiger partial charge in [0, 0.05) is 0 Å². The van der Waals surface area contributed by atoms with Crippen molar-refractivity contribution in [1.29, 1.82) is 0 Å². The van der Waals surface area contributed by atoms with E-state index in [9.17, 15) is 18.0 Å². The SMILES string of the molecule is Bc1cc(F)cnc1Nc1c(C(=O)NOCC(O)CO)ccc(F)c1F. The number of hydroxylamine groups is 1. The normalized spacial score (nSPS) is 11.9. The van der Waals surface area contributed by atoms with E-state index in [1.54, 1.807) is 0 Å². The molecule has 0 fully saturated rings. The zero-order valence-electron chi connectivity index (χ0n) is 13.6. The molecule has 0 radical (unpaired) electrons. The second kappa shape index (κ2) is 8.65. The van der Waals surface area contributed by atoms with Crippen molar-refractivity contribution in [3.63, 3.8) is 0 Å². The molecule has 1 heterocycles. The number of carbonyl (C=O) groups excluding carboxylic acids is 1. The Morgan fingerprint density at radius 1 is 1.35 bits per heavy atom. The Kier molecular flexibility index (Phi) is 6.55. The lowest BCUT2D eigenvalue weighted by molar-refractivity contribution is -0.0295. The summed E-state index contributed by atoms with van der Waals surface area (Å²) in [4.78, 5) is 20.6. The predicted molar refractivity (Wildman–Crippen MR) is 88.5 cm³/mol. The molecule has 1 amide bonds. The van der Waals surface area contributed by atoms with Gasteiger partial charge in [-0.1, -0.05) is 0 Å². The number of halogens is 3. The molecular weight excluding hydrogens is 354 g/mol. The lowest BCUT2D eigenvalue weighted by atomic mass is 9.96. The minimum atomic E-state index is -1.33. The number of nitrogens with zero attached hydrogens (tertiary/aromatic N) is 1. The molecule has 0 saturated heterocycles. The molecule has 0 aliphatic rings. The van der Waals surface area contributed by atoms with E-state index in [1.807, 2.05) is 5.48 Å². The number of hydrogen-bond donors (Lipinski definition) is 4. The zero-order chi connectivity index (χ0) is 19.3. The van der Waals surface area contributed by atoms with Crippen molar-refractivity contribution in [3.8, 4) is 0 Å². The molecule has 0 bridgehead atoms. The molecule has 7 nitrogen and oxygen atoms in total. The molecule has 1 atom stereocenters. The predicted octanol–water partition coefficient (Wildman–Crippen LogP) is -0.485. The van der Waals surface area contributed by atoms with Gasteiger partial charge in [-0.05, 0) is 23.7 Å². The van der Waals surface area contributed by atoms with Gasteiger partial charge in [-0.3, -0.25) is 9.63 Å². The van der Waals surface area contributed by atoms with Crippen LogP contribution >= 0.6 is 0 Å². The number of nitrogens with one attached hydrogen (secondary N) is 2. The Morgan fingerprint density at radius 3 is 2.73 bits per heavy atom. The number of aliphatic hydroxyl groups is 2. The summed E-state index contributed by atoms with van der Waals surface area (Å²) in [6.45, 7) is -0.989. The maximum Gasteiger partial charge on any atom is 0.277 e. The summed E-state index contributed by atoms with van der Waals surface area (Å²) in [5, 5.41) is 20.3. The second-order valence-corrected chi connectivity index (χ2v) is 5.31. The first-order chi connectivity index (χ1) is 12.3. The highest BCUT2D eigenvalue weighted by Crippen LogP contribution is 2.25. The average molecular weight is 369 g/mol. The van der Waals surface area contributed by atoms with Crippen LogP contribution in [0, 0.1) is 17.5 Å². The van der Waals surface area contributed by atoms with Crippen LogP contribution in [0.3, 0.4) is 0 Å². The maximum absolute atomic E-state index is 14.2. The van der Waals surface area contributed by atoms with Crippen molar-refractivity contribution in [2.75, 3.05) is 18.5 Å². The van der Waals surface area contributed by atoms with Gasteiger partial charge in [0.1, 0.15) is 32.2 Å². The van der Waals surface area contributed by atoms with E-state index in [0.717, 1.165) is 24.4 Å². The molecule has 0 aliphatic heterocycles. The molecule has 0 aliphatic carbocycles. The van der Waals surface area contributed by atoms with E-state index in [1.165, 1.54) is 7.85 Å². The summed E-state index contributed by atoms with van der Waals surface area (Å²) >= 11 is 0. The van der Waals surface area contributed by atoms with Crippen molar-refractivity contribution in [3.05, 3.63) is 47.4 Å². The highest BCUT2D eigenvalue weighted by Gasteiger charge is 2.20. The largest absolute Gasteiger partial charge is 0.394 e. The Balaban J connectivity index is 2.27. The van der Waals surface area contributed by atoms with Crippen molar-refractivity contribution in [2.24, 2.45) is 0 Å². The van der Waals surface area contributed by atoms with Gasteiger partial charge in [0.2, 0.25) is 0 Å². The molecule has 11 heteroatoms. The van der Waals surface area contributed by atoms with Gasteiger partial charge in [0.15, 0.2) is 11.6 Å². The Bertz CT molecular complexity index is 810. The minimum Gasteiger partial charge on any atom is -0.394 e. The highest BCUT2D eigenvalue weighted by molar-refractivity contribution is 6.35. The molecule has 1 aromatic heterocycles. The van der Waals surface area contributed by atoms with Gasteiger partial charge in [-0.15, -0.1) is 0 Å². The topological polar surface area (TPSA) is 104 Å². The number of anilines is 2. The van der Waals surface area contributed by atoms with E-state index in [0.29, 0.717) is 5.46 Å². The fraction of sp³-hybridized carbons (Fsp3) is 0.200. The first kappa shape index (κ1) is 19.7. The van der Waals surface area contributed by atoms with E-state index >= 15 is 0 Å². The van der Waals surface area contributed by atoms with Gasteiger partial charge < -0.3 is 15.5 Å². The van der Waals surface area contributed by atoms with Crippen LogP contribution in [0.15, 0.2) is 24.4 Å². The fourth-order valence-electron chi connectivity index (χ4n) is 1.96. The van der Waals surface area contributed by atoms with E-state index in [2.05, 4.69) is 10.3 Å². The smallest absolute Gasteiger partial charge is 0.277 e. The van der Waals surface area contributed by atoms with Crippen LogP contribution in [-0.4, -0.2) is 48.3 Å². The van der Waals surface area contributed by atoms with Crippen LogP contribution in [-0.2, 0) is 4.84 Å².